The summed E-state index contributed by atoms with van der Waals surface area (Å²) >= 11 is 0. The van der Waals surface area contributed by atoms with E-state index < -0.39 is 0 Å². The third kappa shape index (κ3) is 0.501. The van der Waals surface area contributed by atoms with Crippen molar-refractivity contribution >= 4 is 0 Å². The third-order valence-corrected chi connectivity index (χ3v) is 1.60. The van der Waals surface area contributed by atoms with Crippen LogP contribution in [-0.2, 0) is 9.47 Å². The number of ether oxygens (including phenoxy) is 2. The monoisotopic (exact) mass is 112 g/mol. The van der Waals surface area contributed by atoms with Crippen LogP contribution in [0.15, 0.2) is 12.2 Å². The molecule has 2 atom stereocenters. The molecule has 0 bridgehead atoms. The van der Waals surface area contributed by atoms with Crippen LogP contribution in [0.3, 0.4) is 0 Å². The zero-order valence-electron chi connectivity index (χ0n) is 4.54. The second kappa shape index (κ2) is 1.57. The van der Waals surface area contributed by atoms with E-state index in [1.165, 1.54) is 0 Å². The lowest BCUT2D eigenvalue weighted by Crippen LogP contribution is -2.13. The van der Waals surface area contributed by atoms with Gasteiger partial charge in [0, 0.05) is 0 Å². The van der Waals surface area contributed by atoms with Gasteiger partial charge in [-0.15, -0.1) is 0 Å². The summed E-state index contributed by atoms with van der Waals surface area (Å²) in [7, 11) is 0. The molecule has 1 fully saturated rings. The van der Waals surface area contributed by atoms with Gasteiger partial charge in [0.15, 0.2) is 0 Å². The summed E-state index contributed by atoms with van der Waals surface area (Å²) in [6.45, 7) is 0.486. The average Bonchev–Trinajstić information content (AvgIpc) is 2.15. The lowest BCUT2D eigenvalue weighted by Gasteiger charge is -2.01. The molecule has 1 aliphatic heterocycles. The minimum Gasteiger partial charge on any atom is -0.349 e. The Hall–Kier alpha value is -0.340. The lowest BCUT2D eigenvalue weighted by atomic mass is 10.2. The highest BCUT2D eigenvalue weighted by Gasteiger charge is 2.29. The van der Waals surface area contributed by atoms with E-state index >= 15 is 0 Å². The molecule has 2 heteroatoms. The minimum absolute atomic E-state index is 0.273. The fourth-order valence-corrected chi connectivity index (χ4v) is 1.14. The van der Waals surface area contributed by atoms with Gasteiger partial charge >= 0.3 is 0 Å². The first-order valence-corrected chi connectivity index (χ1v) is 2.87. The van der Waals surface area contributed by atoms with Gasteiger partial charge in [0.25, 0.3) is 0 Å². The molecule has 0 N–H and O–H groups in total. The van der Waals surface area contributed by atoms with Gasteiger partial charge in [0.2, 0.25) is 0 Å². The zero-order valence-corrected chi connectivity index (χ0v) is 4.54. The van der Waals surface area contributed by atoms with Crippen LogP contribution in [-0.4, -0.2) is 19.0 Å². The van der Waals surface area contributed by atoms with Gasteiger partial charge in [0.05, 0.1) is 6.10 Å². The molecule has 0 amide bonds. The second-order valence-electron chi connectivity index (χ2n) is 2.12. The molecular weight excluding hydrogens is 104 g/mol. The van der Waals surface area contributed by atoms with Crippen LogP contribution in [0, 0.1) is 0 Å². The van der Waals surface area contributed by atoms with Crippen LogP contribution in [0.4, 0.5) is 0 Å². The Morgan fingerprint density at radius 2 is 2.38 bits per heavy atom. The smallest absolute Gasteiger partial charge is 0.148 e. The number of fused-ring (bicyclic) bond motifs is 1. The van der Waals surface area contributed by atoms with E-state index in [0.29, 0.717) is 12.9 Å². The molecule has 0 saturated carbocycles. The Labute approximate surface area is 48.1 Å². The molecule has 0 spiro atoms. The average molecular weight is 112 g/mol. The van der Waals surface area contributed by atoms with Crippen LogP contribution in [0.1, 0.15) is 6.42 Å². The van der Waals surface area contributed by atoms with Crippen LogP contribution in [0.5, 0.6) is 0 Å². The van der Waals surface area contributed by atoms with Crippen molar-refractivity contribution in [2.45, 2.75) is 18.6 Å². The first-order valence-electron chi connectivity index (χ1n) is 2.87. The maximum absolute atomic E-state index is 5.19. The summed E-state index contributed by atoms with van der Waals surface area (Å²) < 4.78 is 10.4. The first kappa shape index (κ1) is 4.53. The SMILES string of the molecule is C1=CC2OCOC2C1. The molecule has 1 heterocycles. The van der Waals surface area contributed by atoms with Gasteiger partial charge < -0.3 is 9.47 Å². The number of rotatable bonds is 0. The Morgan fingerprint density at radius 1 is 1.38 bits per heavy atom. The molecule has 0 aromatic carbocycles. The zero-order chi connectivity index (χ0) is 5.40. The Balaban J connectivity index is 2.13. The molecule has 0 aromatic rings. The largest absolute Gasteiger partial charge is 0.349 e. The number of hydrogen-bond donors (Lipinski definition) is 0. The van der Waals surface area contributed by atoms with Gasteiger partial charge in [-0.1, -0.05) is 12.2 Å². The fourth-order valence-electron chi connectivity index (χ4n) is 1.14. The summed E-state index contributed by atoms with van der Waals surface area (Å²) in [6, 6.07) is 0. The van der Waals surface area contributed by atoms with E-state index in [0.717, 1.165) is 6.42 Å². The molecule has 44 valence electrons. The highest BCUT2D eigenvalue weighted by atomic mass is 16.7. The standard InChI is InChI=1S/C6H8O2/c1-2-5-6(3-1)8-4-7-5/h1-2,5-6H,3-4H2. The van der Waals surface area contributed by atoms with Crippen molar-refractivity contribution in [3.8, 4) is 0 Å². The topological polar surface area (TPSA) is 18.5 Å². The molecular formula is C6H8O2. The van der Waals surface area contributed by atoms with E-state index in [9.17, 15) is 0 Å². The van der Waals surface area contributed by atoms with Crippen LogP contribution in [0.25, 0.3) is 0 Å². The van der Waals surface area contributed by atoms with Crippen molar-refractivity contribution in [2.24, 2.45) is 0 Å². The fraction of sp³-hybridized carbons (Fsp3) is 0.667. The van der Waals surface area contributed by atoms with E-state index in [-0.39, 0.29) is 6.10 Å². The van der Waals surface area contributed by atoms with Crippen molar-refractivity contribution in [2.75, 3.05) is 6.79 Å². The Kier molecular flexibility index (Phi) is 0.889. The summed E-state index contributed by atoms with van der Waals surface area (Å²) in [5, 5.41) is 0. The Bertz CT molecular complexity index is 120. The molecule has 0 aromatic heterocycles. The molecule has 0 radical (unpaired) electrons. The predicted octanol–water partition coefficient (Wildman–Crippen LogP) is 0.688. The molecule has 2 unspecified atom stereocenters. The van der Waals surface area contributed by atoms with Gasteiger partial charge in [-0.05, 0) is 6.42 Å². The maximum Gasteiger partial charge on any atom is 0.148 e. The molecule has 2 rings (SSSR count). The maximum atomic E-state index is 5.19. The quantitative estimate of drug-likeness (QED) is 0.429. The van der Waals surface area contributed by atoms with E-state index in [2.05, 4.69) is 12.2 Å². The van der Waals surface area contributed by atoms with Crippen molar-refractivity contribution in [3.05, 3.63) is 12.2 Å². The summed E-state index contributed by atoms with van der Waals surface area (Å²) in [5.74, 6) is 0. The van der Waals surface area contributed by atoms with Crippen molar-refractivity contribution < 1.29 is 9.47 Å². The van der Waals surface area contributed by atoms with Gasteiger partial charge in [0.1, 0.15) is 12.9 Å². The van der Waals surface area contributed by atoms with Gasteiger partial charge in [-0.25, -0.2) is 0 Å². The second-order valence-corrected chi connectivity index (χ2v) is 2.12. The normalized spacial score (nSPS) is 43.0. The third-order valence-electron chi connectivity index (χ3n) is 1.60. The van der Waals surface area contributed by atoms with Gasteiger partial charge in [-0.2, -0.15) is 0 Å². The van der Waals surface area contributed by atoms with E-state index in [4.69, 9.17) is 9.47 Å². The first-order chi connectivity index (χ1) is 3.97. The molecule has 1 saturated heterocycles. The van der Waals surface area contributed by atoms with E-state index in [1.807, 2.05) is 0 Å². The summed E-state index contributed by atoms with van der Waals surface area (Å²) in [5.41, 5.74) is 0. The summed E-state index contributed by atoms with van der Waals surface area (Å²) in [4.78, 5) is 0. The predicted molar refractivity (Wildman–Crippen MR) is 28.4 cm³/mol. The molecule has 2 nitrogen and oxygen atoms in total. The Morgan fingerprint density at radius 3 is 3.25 bits per heavy atom. The molecule has 1 aliphatic carbocycles. The number of hydrogen-bond acceptors (Lipinski definition) is 2. The van der Waals surface area contributed by atoms with Crippen molar-refractivity contribution in [3.63, 3.8) is 0 Å². The molecule has 2 aliphatic rings. The van der Waals surface area contributed by atoms with Crippen LogP contribution < -0.4 is 0 Å². The van der Waals surface area contributed by atoms with Crippen LogP contribution >= 0.6 is 0 Å². The van der Waals surface area contributed by atoms with Gasteiger partial charge in [-0.3, -0.25) is 0 Å². The highest BCUT2D eigenvalue weighted by Crippen LogP contribution is 2.22. The lowest BCUT2D eigenvalue weighted by molar-refractivity contribution is 0.0418. The summed E-state index contributed by atoms with van der Waals surface area (Å²) in [6.07, 6.45) is 5.82. The highest BCUT2D eigenvalue weighted by molar-refractivity contribution is 5.05. The van der Waals surface area contributed by atoms with E-state index in [1.54, 1.807) is 0 Å². The van der Waals surface area contributed by atoms with Crippen molar-refractivity contribution in [1.29, 1.82) is 0 Å². The van der Waals surface area contributed by atoms with Crippen molar-refractivity contribution in [1.82, 2.24) is 0 Å². The minimum atomic E-state index is 0.273. The molecule has 8 heavy (non-hydrogen) atoms. The van der Waals surface area contributed by atoms with Crippen LogP contribution in [0.2, 0.25) is 0 Å².